The largest absolute Gasteiger partial charge is 0.483 e. The number of pyridine rings is 1. The van der Waals surface area contributed by atoms with E-state index in [0.717, 1.165) is 4.90 Å². The van der Waals surface area contributed by atoms with Crippen LogP contribution in [0.5, 0.6) is 5.75 Å². The minimum Gasteiger partial charge on any atom is -0.423 e. The highest BCUT2D eigenvalue weighted by Crippen LogP contribution is 2.44. The summed E-state index contributed by atoms with van der Waals surface area (Å²) in [5.41, 5.74) is 0.248. The van der Waals surface area contributed by atoms with Crippen molar-refractivity contribution in [3.8, 4) is 11.8 Å². The van der Waals surface area contributed by atoms with Crippen molar-refractivity contribution < 1.29 is 27.8 Å². The van der Waals surface area contributed by atoms with Gasteiger partial charge in [0, 0.05) is 11.8 Å². The van der Waals surface area contributed by atoms with Gasteiger partial charge in [0.25, 0.3) is 0 Å². The molecule has 1 aliphatic rings. The summed E-state index contributed by atoms with van der Waals surface area (Å²) >= 11 is 0. The number of aliphatic hydroxyl groups excluding tert-OH is 1. The molecule has 3 rings (SSSR count). The number of nitrogens with zero attached hydrogens (tertiary/aromatic N) is 3. The van der Waals surface area contributed by atoms with E-state index in [2.05, 4.69) is 9.72 Å². The number of benzene rings is 1. The maximum absolute atomic E-state index is 14.1. The third kappa shape index (κ3) is 3.07. The number of para-hydroxylation sites is 1. The molecule has 134 valence electrons. The number of carbonyl (C=O) groups is 1. The molecular formula is C17H12F3N3O3. The number of alkyl halides is 3. The van der Waals surface area contributed by atoms with E-state index in [1.807, 2.05) is 6.07 Å². The molecule has 1 N–H and O–H groups in total. The van der Waals surface area contributed by atoms with Crippen LogP contribution in [0, 0.1) is 11.3 Å². The molecule has 1 aromatic heterocycles. The molecule has 0 spiro atoms. The van der Waals surface area contributed by atoms with Crippen molar-refractivity contribution in [2.75, 3.05) is 11.6 Å². The third-order valence-electron chi connectivity index (χ3n) is 3.82. The number of anilines is 1. The van der Waals surface area contributed by atoms with Gasteiger partial charge in [0.1, 0.15) is 24.5 Å². The standard InChI is InChI=1S/C17H12F3N3O3/c18-7-14(24)12-2-1-3-13-15(12)26-17(19,20)16(25)23(13)9-10-4-5-22-11(6-10)8-21/h1-6,14,24H,7,9H2. The molecule has 0 saturated heterocycles. The van der Waals surface area contributed by atoms with Crippen molar-refractivity contribution in [2.24, 2.45) is 0 Å². The maximum atomic E-state index is 14.1. The van der Waals surface area contributed by atoms with E-state index in [-0.39, 0.29) is 23.5 Å². The summed E-state index contributed by atoms with van der Waals surface area (Å²) in [5, 5.41) is 18.6. The van der Waals surface area contributed by atoms with Crippen LogP contribution in [-0.2, 0) is 11.3 Å². The van der Waals surface area contributed by atoms with E-state index < -0.39 is 30.5 Å². The summed E-state index contributed by atoms with van der Waals surface area (Å²) in [7, 11) is 0. The number of nitriles is 1. The minimum absolute atomic E-state index is 0.0266. The van der Waals surface area contributed by atoms with Gasteiger partial charge in [-0.1, -0.05) is 12.1 Å². The van der Waals surface area contributed by atoms with Crippen molar-refractivity contribution in [1.82, 2.24) is 4.98 Å². The Balaban J connectivity index is 2.08. The number of aliphatic hydroxyl groups is 1. The summed E-state index contributed by atoms with van der Waals surface area (Å²) in [4.78, 5) is 16.7. The SMILES string of the molecule is N#Cc1cc(CN2C(=O)C(F)(F)Oc3c(C(O)CF)cccc32)ccn1. The summed E-state index contributed by atoms with van der Waals surface area (Å²) < 4.78 is 45.4. The number of ether oxygens (including phenoxy) is 1. The van der Waals surface area contributed by atoms with Crippen LogP contribution in [0.4, 0.5) is 18.9 Å². The van der Waals surface area contributed by atoms with Crippen molar-refractivity contribution in [3.05, 3.63) is 53.3 Å². The van der Waals surface area contributed by atoms with Crippen molar-refractivity contribution in [2.45, 2.75) is 18.8 Å². The van der Waals surface area contributed by atoms with Gasteiger partial charge in [-0.2, -0.15) is 14.0 Å². The fourth-order valence-corrected chi connectivity index (χ4v) is 2.62. The molecule has 9 heteroatoms. The Bertz CT molecular complexity index is 898. The first-order chi connectivity index (χ1) is 12.4. The first kappa shape index (κ1) is 17.7. The van der Waals surface area contributed by atoms with Crippen molar-refractivity contribution >= 4 is 11.6 Å². The number of amides is 1. The van der Waals surface area contributed by atoms with Crippen molar-refractivity contribution in [1.29, 1.82) is 5.26 Å². The Morgan fingerprint density at radius 1 is 1.38 bits per heavy atom. The lowest BCUT2D eigenvalue weighted by Gasteiger charge is -2.35. The maximum Gasteiger partial charge on any atom is 0.483 e. The van der Waals surface area contributed by atoms with E-state index >= 15 is 0 Å². The summed E-state index contributed by atoms with van der Waals surface area (Å²) in [6.45, 7) is -1.48. The zero-order valence-corrected chi connectivity index (χ0v) is 13.2. The Hall–Kier alpha value is -3.12. The van der Waals surface area contributed by atoms with Gasteiger partial charge in [-0.15, -0.1) is 0 Å². The van der Waals surface area contributed by atoms with Crippen LogP contribution < -0.4 is 9.64 Å². The predicted molar refractivity (Wildman–Crippen MR) is 83.1 cm³/mol. The lowest BCUT2D eigenvalue weighted by molar-refractivity contribution is -0.193. The Morgan fingerprint density at radius 2 is 2.15 bits per heavy atom. The number of fused-ring (bicyclic) bond motifs is 1. The molecule has 1 atom stereocenters. The van der Waals surface area contributed by atoms with Crippen molar-refractivity contribution in [3.63, 3.8) is 0 Å². The highest BCUT2D eigenvalue weighted by Gasteiger charge is 2.51. The molecule has 0 bridgehead atoms. The van der Waals surface area contributed by atoms with E-state index in [1.165, 1.54) is 36.5 Å². The number of carbonyl (C=O) groups excluding carboxylic acids is 1. The predicted octanol–water partition coefficient (Wildman–Crippen LogP) is 2.47. The molecule has 1 aromatic carbocycles. The van der Waals surface area contributed by atoms with Crippen LogP contribution in [0.3, 0.4) is 0 Å². The highest BCUT2D eigenvalue weighted by molar-refractivity contribution is 6.01. The average Bonchev–Trinajstić information content (AvgIpc) is 2.64. The molecular weight excluding hydrogens is 351 g/mol. The number of hydrogen-bond acceptors (Lipinski definition) is 5. The van der Waals surface area contributed by atoms with E-state index in [0.29, 0.717) is 5.56 Å². The van der Waals surface area contributed by atoms with Gasteiger partial charge in [0.2, 0.25) is 0 Å². The highest BCUT2D eigenvalue weighted by atomic mass is 19.3. The molecule has 0 fully saturated rings. The number of aromatic nitrogens is 1. The Morgan fingerprint density at radius 3 is 2.85 bits per heavy atom. The average molecular weight is 363 g/mol. The molecule has 0 radical (unpaired) electrons. The number of halogens is 3. The van der Waals surface area contributed by atoms with Crippen LogP contribution in [0.15, 0.2) is 36.5 Å². The molecule has 2 aromatic rings. The van der Waals surface area contributed by atoms with E-state index in [9.17, 15) is 23.1 Å². The summed E-state index contributed by atoms with van der Waals surface area (Å²) in [6.07, 6.45) is -4.52. The van der Waals surface area contributed by atoms with Gasteiger partial charge in [-0.3, -0.25) is 9.69 Å². The molecule has 1 aliphatic heterocycles. The van der Waals surface area contributed by atoms with Gasteiger partial charge in [0.05, 0.1) is 12.2 Å². The van der Waals surface area contributed by atoms with Crippen LogP contribution in [0.1, 0.15) is 22.9 Å². The molecule has 2 heterocycles. The van der Waals surface area contributed by atoms with E-state index in [4.69, 9.17) is 5.26 Å². The van der Waals surface area contributed by atoms with Gasteiger partial charge >= 0.3 is 12.0 Å². The fourth-order valence-electron chi connectivity index (χ4n) is 2.62. The zero-order chi connectivity index (χ0) is 18.9. The second-order valence-corrected chi connectivity index (χ2v) is 5.54. The topological polar surface area (TPSA) is 86.5 Å². The van der Waals surface area contributed by atoms with Gasteiger partial charge in [-0.05, 0) is 23.8 Å². The van der Waals surface area contributed by atoms with Crippen LogP contribution in [0.25, 0.3) is 0 Å². The number of hydrogen-bond donors (Lipinski definition) is 1. The normalized spacial score (nSPS) is 16.4. The molecule has 1 unspecified atom stereocenters. The first-order valence-electron chi connectivity index (χ1n) is 7.48. The van der Waals surface area contributed by atoms with Crippen LogP contribution in [0.2, 0.25) is 0 Å². The van der Waals surface area contributed by atoms with E-state index in [1.54, 1.807) is 0 Å². The smallest absolute Gasteiger partial charge is 0.423 e. The molecule has 1 amide bonds. The second-order valence-electron chi connectivity index (χ2n) is 5.54. The fraction of sp³-hybridized carbons (Fsp3) is 0.235. The molecule has 26 heavy (non-hydrogen) atoms. The third-order valence-corrected chi connectivity index (χ3v) is 3.82. The number of rotatable bonds is 4. The Labute approximate surface area is 146 Å². The van der Waals surface area contributed by atoms with Crippen LogP contribution in [-0.4, -0.2) is 28.8 Å². The molecule has 0 saturated carbocycles. The summed E-state index contributed by atoms with van der Waals surface area (Å²) in [6, 6.07) is 8.65. The first-order valence-corrected chi connectivity index (χ1v) is 7.48. The summed E-state index contributed by atoms with van der Waals surface area (Å²) in [5.74, 6) is -2.07. The monoisotopic (exact) mass is 363 g/mol. The van der Waals surface area contributed by atoms with Gasteiger partial charge in [0.15, 0.2) is 5.75 Å². The lowest BCUT2D eigenvalue weighted by Crippen LogP contribution is -2.50. The van der Waals surface area contributed by atoms with Crippen LogP contribution >= 0.6 is 0 Å². The Kier molecular flexibility index (Phi) is 4.52. The second kappa shape index (κ2) is 6.65. The van der Waals surface area contributed by atoms with Gasteiger partial charge < -0.3 is 9.84 Å². The lowest BCUT2D eigenvalue weighted by atomic mass is 10.0. The zero-order valence-electron chi connectivity index (χ0n) is 13.2. The molecule has 0 aliphatic carbocycles. The molecule has 6 nitrogen and oxygen atoms in total. The minimum atomic E-state index is -4.18. The van der Waals surface area contributed by atoms with Gasteiger partial charge in [-0.25, -0.2) is 9.37 Å². The quantitative estimate of drug-likeness (QED) is 0.902.